The van der Waals surface area contributed by atoms with Crippen molar-refractivity contribution in [2.45, 2.75) is 59.3 Å². The third kappa shape index (κ3) is 3.13. The molecular weight excluding hydrogens is 280 g/mol. The molecule has 0 aliphatic rings. The van der Waals surface area contributed by atoms with E-state index in [1.54, 1.807) is 11.3 Å². The molecule has 114 valence electrons. The molecule has 0 saturated carbocycles. The van der Waals surface area contributed by atoms with Crippen LogP contribution in [0, 0.1) is 0 Å². The molecule has 0 N–H and O–H groups in total. The van der Waals surface area contributed by atoms with Crippen molar-refractivity contribution in [2.75, 3.05) is 0 Å². The van der Waals surface area contributed by atoms with Crippen molar-refractivity contribution in [2.24, 2.45) is 0 Å². The van der Waals surface area contributed by atoms with E-state index in [0.717, 1.165) is 16.9 Å². The van der Waals surface area contributed by atoms with Crippen LogP contribution in [0.4, 0.5) is 0 Å². The highest BCUT2D eigenvalue weighted by atomic mass is 32.1. The zero-order valence-corrected chi connectivity index (χ0v) is 14.8. The second-order valence-electron chi connectivity index (χ2n) is 7.55. The molecule has 2 rings (SSSR count). The predicted molar refractivity (Wildman–Crippen MR) is 90.5 cm³/mol. The summed E-state index contributed by atoms with van der Waals surface area (Å²) >= 11 is 1.73. The van der Waals surface area contributed by atoms with Crippen molar-refractivity contribution in [1.82, 2.24) is 0 Å². The van der Waals surface area contributed by atoms with Crippen LogP contribution in [0.15, 0.2) is 17.5 Å². The van der Waals surface area contributed by atoms with Gasteiger partial charge in [0.25, 0.3) is 0 Å². The third-order valence-electron chi connectivity index (χ3n) is 3.52. The van der Waals surface area contributed by atoms with Gasteiger partial charge in [-0.2, -0.15) is 0 Å². The van der Waals surface area contributed by atoms with E-state index in [1.165, 1.54) is 17.0 Å². The molecule has 0 aliphatic heterocycles. The number of thiophene rings is 1. The van der Waals surface area contributed by atoms with E-state index < -0.39 is 0 Å². The Morgan fingerprint density at radius 1 is 1.10 bits per heavy atom. The summed E-state index contributed by atoms with van der Waals surface area (Å²) in [5, 5.41) is 3.29. The Kier molecular flexibility index (Phi) is 3.92. The summed E-state index contributed by atoms with van der Waals surface area (Å²) in [7, 11) is 0. The molecule has 2 nitrogen and oxygen atoms in total. The highest BCUT2D eigenvalue weighted by Crippen LogP contribution is 2.45. The lowest BCUT2D eigenvalue weighted by atomic mass is 9.78. The first-order valence-corrected chi connectivity index (χ1v) is 8.13. The highest BCUT2D eigenvalue weighted by Gasteiger charge is 2.30. The molecule has 1 aromatic heterocycles. The van der Waals surface area contributed by atoms with E-state index in [0.29, 0.717) is 0 Å². The maximum absolute atomic E-state index is 11.6. The van der Waals surface area contributed by atoms with E-state index in [-0.39, 0.29) is 16.8 Å². The van der Waals surface area contributed by atoms with Gasteiger partial charge >= 0.3 is 5.97 Å². The Bertz CT molecular complexity index is 682. The second kappa shape index (κ2) is 5.13. The van der Waals surface area contributed by atoms with Crippen LogP contribution in [0.25, 0.3) is 10.1 Å². The van der Waals surface area contributed by atoms with E-state index in [1.807, 2.05) is 0 Å². The lowest BCUT2D eigenvalue weighted by Crippen LogP contribution is -2.21. The van der Waals surface area contributed by atoms with Crippen LogP contribution in [0.5, 0.6) is 5.75 Å². The van der Waals surface area contributed by atoms with Gasteiger partial charge in [-0.25, -0.2) is 0 Å². The molecule has 0 bridgehead atoms. The van der Waals surface area contributed by atoms with Crippen molar-refractivity contribution in [1.29, 1.82) is 0 Å². The Balaban J connectivity index is 2.92. The van der Waals surface area contributed by atoms with Gasteiger partial charge < -0.3 is 4.74 Å². The molecular formula is C18H24O2S. The number of rotatable bonds is 1. The second-order valence-corrected chi connectivity index (χ2v) is 8.50. The van der Waals surface area contributed by atoms with Crippen LogP contribution in [0.3, 0.4) is 0 Å². The molecule has 0 amide bonds. The van der Waals surface area contributed by atoms with Gasteiger partial charge in [0, 0.05) is 22.8 Å². The fourth-order valence-electron chi connectivity index (χ4n) is 2.64. The molecule has 0 aliphatic carbocycles. The molecule has 0 unspecified atom stereocenters. The normalized spacial score (nSPS) is 12.7. The van der Waals surface area contributed by atoms with Gasteiger partial charge in [0.15, 0.2) is 0 Å². The quantitative estimate of drug-likeness (QED) is 0.519. The fourth-order valence-corrected chi connectivity index (χ4v) is 3.48. The van der Waals surface area contributed by atoms with E-state index >= 15 is 0 Å². The summed E-state index contributed by atoms with van der Waals surface area (Å²) in [5.74, 6) is 0.481. The minimum atomic E-state index is -0.263. The summed E-state index contributed by atoms with van der Waals surface area (Å²) in [6, 6.07) is 4.30. The van der Waals surface area contributed by atoms with Gasteiger partial charge in [0.2, 0.25) is 0 Å². The average Bonchev–Trinajstić information content (AvgIpc) is 2.71. The molecule has 21 heavy (non-hydrogen) atoms. The van der Waals surface area contributed by atoms with Gasteiger partial charge in [-0.15, -0.1) is 11.3 Å². The maximum Gasteiger partial charge on any atom is 0.308 e. The van der Waals surface area contributed by atoms with Gasteiger partial charge in [0.05, 0.1) is 0 Å². The molecule has 1 aromatic carbocycles. The zero-order valence-electron chi connectivity index (χ0n) is 14.0. The van der Waals surface area contributed by atoms with Crippen LogP contribution in [0.1, 0.15) is 59.6 Å². The minimum absolute atomic E-state index is 0.0804. The Morgan fingerprint density at radius 2 is 1.71 bits per heavy atom. The number of carbonyl (C=O) groups excluding carboxylic acids is 1. The van der Waals surface area contributed by atoms with Gasteiger partial charge in [-0.05, 0) is 33.7 Å². The lowest BCUT2D eigenvalue weighted by molar-refractivity contribution is -0.132. The monoisotopic (exact) mass is 304 g/mol. The molecule has 0 spiro atoms. The summed E-state index contributed by atoms with van der Waals surface area (Å²) in [6.07, 6.45) is 0. The summed E-state index contributed by atoms with van der Waals surface area (Å²) in [6.45, 7) is 14.4. The van der Waals surface area contributed by atoms with E-state index in [2.05, 4.69) is 59.1 Å². The minimum Gasteiger partial charge on any atom is -0.426 e. The molecule has 1 heterocycles. The molecule has 0 atom stereocenters. The summed E-state index contributed by atoms with van der Waals surface area (Å²) in [5.41, 5.74) is 2.05. The summed E-state index contributed by atoms with van der Waals surface area (Å²) < 4.78 is 6.92. The molecule has 0 radical (unpaired) electrons. The van der Waals surface area contributed by atoms with Crippen molar-refractivity contribution < 1.29 is 9.53 Å². The number of benzene rings is 1. The molecule has 0 saturated heterocycles. The average molecular weight is 304 g/mol. The first-order valence-electron chi connectivity index (χ1n) is 7.25. The third-order valence-corrected chi connectivity index (χ3v) is 4.38. The zero-order chi connectivity index (χ0) is 16.0. The van der Waals surface area contributed by atoms with Gasteiger partial charge in [-0.3, -0.25) is 4.79 Å². The summed E-state index contributed by atoms with van der Waals surface area (Å²) in [4.78, 5) is 11.6. The Labute approximate surface area is 131 Å². The number of ether oxygens (including phenoxy) is 1. The number of fused-ring (bicyclic) bond motifs is 1. The number of hydrogen-bond donors (Lipinski definition) is 0. The maximum atomic E-state index is 11.6. The van der Waals surface area contributed by atoms with Crippen molar-refractivity contribution in [3.8, 4) is 5.75 Å². The topological polar surface area (TPSA) is 26.3 Å². The molecule has 2 aromatic rings. The first-order chi connectivity index (χ1) is 9.51. The van der Waals surface area contributed by atoms with Gasteiger partial charge in [0.1, 0.15) is 5.75 Å². The van der Waals surface area contributed by atoms with Crippen LogP contribution >= 0.6 is 11.3 Å². The van der Waals surface area contributed by atoms with E-state index in [9.17, 15) is 4.79 Å². The van der Waals surface area contributed by atoms with E-state index in [4.69, 9.17) is 4.74 Å². The fraction of sp³-hybridized carbons (Fsp3) is 0.500. The lowest BCUT2D eigenvalue weighted by Gasteiger charge is -2.29. The highest BCUT2D eigenvalue weighted by molar-refractivity contribution is 7.17. The standard InChI is InChI=1S/C18H24O2S/c1-11(19)20-16-13(17(2,3)4)10-14-12(8-9-21-14)15(16)18(5,6)7/h8-10H,1-7H3. The largest absolute Gasteiger partial charge is 0.426 e. The molecule has 3 heteroatoms. The SMILES string of the molecule is CC(=O)Oc1c(C(C)(C)C)cc2sccc2c1C(C)(C)C. The van der Waals surface area contributed by atoms with Crippen molar-refractivity contribution in [3.05, 3.63) is 28.6 Å². The van der Waals surface area contributed by atoms with Crippen LogP contribution in [-0.2, 0) is 15.6 Å². The first kappa shape index (κ1) is 16.0. The van der Waals surface area contributed by atoms with Crippen molar-refractivity contribution >= 4 is 27.4 Å². The number of esters is 1. The van der Waals surface area contributed by atoms with Crippen LogP contribution in [0.2, 0.25) is 0 Å². The predicted octanol–water partition coefficient (Wildman–Crippen LogP) is 5.42. The van der Waals surface area contributed by atoms with Crippen LogP contribution in [-0.4, -0.2) is 5.97 Å². The van der Waals surface area contributed by atoms with Crippen LogP contribution < -0.4 is 4.74 Å². The molecule has 0 fully saturated rings. The Morgan fingerprint density at radius 3 is 2.19 bits per heavy atom. The smallest absolute Gasteiger partial charge is 0.308 e. The number of carbonyl (C=O) groups is 1. The van der Waals surface area contributed by atoms with Crippen molar-refractivity contribution in [3.63, 3.8) is 0 Å². The number of hydrogen-bond acceptors (Lipinski definition) is 3. The Hall–Kier alpha value is -1.35. The van der Waals surface area contributed by atoms with Gasteiger partial charge in [-0.1, -0.05) is 41.5 Å².